The normalized spacial score (nSPS) is 18.3. The highest BCUT2D eigenvalue weighted by Gasteiger charge is 2.21. The zero-order valence-electron chi connectivity index (χ0n) is 14.2. The number of piperazine rings is 1. The molecule has 1 N–H and O–H groups in total. The van der Waals surface area contributed by atoms with E-state index < -0.39 is 14.8 Å². The summed E-state index contributed by atoms with van der Waals surface area (Å²) in [5.41, 5.74) is 0.178. The van der Waals surface area contributed by atoms with Gasteiger partial charge in [0.1, 0.15) is 0 Å². The largest absolute Gasteiger partial charge is 0.380 e. The molecule has 1 unspecified atom stereocenters. The Morgan fingerprint density at radius 3 is 2.46 bits per heavy atom. The highest BCUT2D eigenvalue weighted by Crippen LogP contribution is 2.27. The molecule has 1 atom stereocenters. The van der Waals surface area contributed by atoms with Gasteiger partial charge in [-0.2, -0.15) is 0 Å². The summed E-state index contributed by atoms with van der Waals surface area (Å²) in [7, 11) is -1.47. The molecule has 1 aromatic carbocycles. The van der Waals surface area contributed by atoms with Crippen molar-refractivity contribution in [1.82, 2.24) is 9.80 Å². The van der Waals surface area contributed by atoms with Gasteiger partial charge in [0.15, 0.2) is 9.84 Å². The van der Waals surface area contributed by atoms with Gasteiger partial charge in [0.05, 0.1) is 15.5 Å². The molecule has 0 amide bonds. The molecule has 0 spiro atoms. The van der Waals surface area contributed by atoms with Gasteiger partial charge in [-0.25, -0.2) is 8.42 Å². The van der Waals surface area contributed by atoms with E-state index in [9.17, 15) is 18.5 Å². The van der Waals surface area contributed by atoms with E-state index in [1.807, 2.05) is 6.92 Å². The zero-order chi connectivity index (χ0) is 17.9. The summed E-state index contributed by atoms with van der Waals surface area (Å²) in [4.78, 5) is 14.8. The lowest BCUT2D eigenvalue weighted by Crippen LogP contribution is -2.47. The molecule has 8 nitrogen and oxygen atoms in total. The molecule has 0 aliphatic carbocycles. The number of nitro benzene ring substituents is 1. The summed E-state index contributed by atoms with van der Waals surface area (Å²) in [6.07, 6.45) is 1.06. The molecule has 2 rings (SSSR count). The van der Waals surface area contributed by atoms with E-state index in [1.54, 1.807) is 0 Å². The fraction of sp³-hybridized carbons (Fsp3) is 0.600. The third-order valence-electron chi connectivity index (χ3n) is 4.11. The number of hydrogen-bond acceptors (Lipinski definition) is 7. The summed E-state index contributed by atoms with van der Waals surface area (Å²) >= 11 is 0. The maximum absolute atomic E-state index is 12.0. The molecule has 1 aliphatic rings. The summed E-state index contributed by atoms with van der Waals surface area (Å²) in [6.45, 7) is 6.74. The Balaban J connectivity index is 2.12. The number of likely N-dealkylation sites (N-methyl/N-ethyl adjacent to an activating group) is 1. The summed E-state index contributed by atoms with van der Waals surface area (Å²) in [6, 6.07) is 3.92. The van der Waals surface area contributed by atoms with Gasteiger partial charge >= 0.3 is 0 Å². The number of hydrogen-bond donors (Lipinski definition) is 1. The third kappa shape index (κ3) is 4.89. The molecule has 1 aliphatic heterocycles. The quantitative estimate of drug-likeness (QED) is 0.601. The van der Waals surface area contributed by atoms with Crippen LogP contribution >= 0.6 is 0 Å². The second-order valence-electron chi connectivity index (χ2n) is 6.36. The average Bonchev–Trinajstić information content (AvgIpc) is 2.48. The van der Waals surface area contributed by atoms with Crippen molar-refractivity contribution < 1.29 is 13.3 Å². The van der Waals surface area contributed by atoms with Crippen LogP contribution in [0.25, 0.3) is 0 Å². The van der Waals surface area contributed by atoms with Crippen LogP contribution < -0.4 is 5.32 Å². The van der Waals surface area contributed by atoms with E-state index in [0.29, 0.717) is 5.69 Å². The maximum Gasteiger partial charge on any atom is 0.270 e. The molecule has 1 saturated heterocycles. The van der Waals surface area contributed by atoms with Crippen LogP contribution in [0.15, 0.2) is 23.1 Å². The Bertz CT molecular complexity index is 699. The van der Waals surface area contributed by atoms with Crippen LogP contribution in [0.2, 0.25) is 0 Å². The molecule has 1 heterocycles. The van der Waals surface area contributed by atoms with Gasteiger partial charge in [-0.15, -0.1) is 0 Å². The molecule has 0 radical (unpaired) electrons. The number of nitrogens with one attached hydrogen (secondary N) is 1. The number of nitrogens with zero attached hydrogens (tertiary/aromatic N) is 3. The Morgan fingerprint density at radius 1 is 1.29 bits per heavy atom. The molecular weight excluding hydrogens is 332 g/mol. The van der Waals surface area contributed by atoms with Gasteiger partial charge in [0.2, 0.25) is 0 Å². The Morgan fingerprint density at radius 2 is 1.92 bits per heavy atom. The van der Waals surface area contributed by atoms with Crippen molar-refractivity contribution in [2.45, 2.75) is 17.9 Å². The van der Waals surface area contributed by atoms with Crippen LogP contribution in [0, 0.1) is 10.1 Å². The maximum atomic E-state index is 12.0. The SMILES string of the molecule is CC(CN1CCN(C)CC1)Nc1ccc([N+](=O)[O-])cc1S(C)(=O)=O. The molecule has 0 aromatic heterocycles. The Kier molecular flexibility index (Phi) is 5.79. The number of sulfone groups is 1. The van der Waals surface area contributed by atoms with E-state index in [2.05, 4.69) is 22.2 Å². The lowest BCUT2D eigenvalue weighted by atomic mass is 10.2. The number of nitro groups is 1. The first-order valence-electron chi connectivity index (χ1n) is 7.83. The van der Waals surface area contributed by atoms with Crippen LogP contribution in [0.4, 0.5) is 11.4 Å². The van der Waals surface area contributed by atoms with Crippen LogP contribution in [0.5, 0.6) is 0 Å². The Hall–Kier alpha value is -1.71. The van der Waals surface area contributed by atoms with E-state index in [1.165, 1.54) is 12.1 Å². The Labute approximate surface area is 142 Å². The van der Waals surface area contributed by atoms with Crippen molar-refractivity contribution in [3.05, 3.63) is 28.3 Å². The van der Waals surface area contributed by atoms with Crippen molar-refractivity contribution in [3.8, 4) is 0 Å². The van der Waals surface area contributed by atoms with Crippen LogP contribution in [0.3, 0.4) is 0 Å². The first-order valence-corrected chi connectivity index (χ1v) is 9.72. The van der Waals surface area contributed by atoms with Crippen LogP contribution in [0.1, 0.15) is 6.92 Å². The smallest absolute Gasteiger partial charge is 0.270 e. The number of anilines is 1. The van der Waals surface area contributed by atoms with E-state index in [0.717, 1.165) is 45.0 Å². The second kappa shape index (κ2) is 7.45. The average molecular weight is 356 g/mol. The monoisotopic (exact) mass is 356 g/mol. The summed E-state index contributed by atoms with van der Waals surface area (Å²) < 4.78 is 23.9. The fourth-order valence-corrected chi connectivity index (χ4v) is 3.64. The second-order valence-corrected chi connectivity index (χ2v) is 8.34. The topological polar surface area (TPSA) is 95.8 Å². The molecule has 24 heavy (non-hydrogen) atoms. The minimum absolute atomic E-state index is 0.0235. The minimum atomic E-state index is -3.56. The zero-order valence-corrected chi connectivity index (χ0v) is 15.0. The van der Waals surface area contributed by atoms with E-state index in [4.69, 9.17) is 0 Å². The van der Waals surface area contributed by atoms with Gasteiger partial charge < -0.3 is 10.2 Å². The molecule has 134 valence electrons. The first kappa shape index (κ1) is 18.6. The minimum Gasteiger partial charge on any atom is -0.380 e. The number of benzene rings is 1. The van der Waals surface area contributed by atoms with Gasteiger partial charge in [-0.05, 0) is 20.0 Å². The van der Waals surface area contributed by atoms with Crippen LogP contribution in [-0.2, 0) is 9.84 Å². The van der Waals surface area contributed by atoms with Crippen molar-refractivity contribution in [1.29, 1.82) is 0 Å². The molecule has 1 fully saturated rings. The summed E-state index contributed by atoms with van der Waals surface area (Å²) in [5, 5.41) is 14.1. The van der Waals surface area contributed by atoms with Gasteiger partial charge in [0, 0.05) is 57.2 Å². The number of rotatable bonds is 6. The van der Waals surface area contributed by atoms with Gasteiger partial charge in [-0.3, -0.25) is 15.0 Å². The van der Waals surface area contributed by atoms with Gasteiger partial charge in [-0.1, -0.05) is 0 Å². The first-order chi connectivity index (χ1) is 11.2. The fourth-order valence-electron chi connectivity index (χ4n) is 2.78. The molecular formula is C15H24N4O4S. The van der Waals surface area contributed by atoms with Crippen molar-refractivity contribution >= 4 is 21.2 Å². The lowest BCUT2D eigenvalue weighted by molar-refractivity contribution is -0.385. The third-order valence-corrected chi connectivity index (χ3v) is 5.24. The highest BCUT2D eigenvalue weighted by atomic mass is 32.2. The molecule has 9 heteroatoms. The van der Waals surface area contributed by atoms with Crippen molar-refractivity contribution in [2.24, 2.45) is 0 Å². The van der Waals surface area contributed by atoms with E-state index >= 15 is 0 Å². The molecule has 0 saturated carbocycles. The van der Waals surface area contributed by atoms with Crippen molar-refractivity contribution in [2.75, 3.05) is 51.3 Å². The van der Waals surface area contributed by atoms with Crippen molar-refractivity contribution in [3.63, 3.8) is 0 Å². The lowest BCUT2D eigenvalue weighted by Gasteiger charge is -2.34. The molecule has 0 bridgehead atoms. The summed E-state index contributed by atoms with van der Waals surface area (Å²) in [5.74, 6) is 0. The predicted octanol–water partition coefficient (Wildman–Crippen LogP) is 1.05. The van der Waals surface area contributed by atoms with Gasteiger partial charge in [0.25, 0.3) is 5.69 Å². The standard InChI is InChI=1S/C15H24N4O4S/c1-12(11-18-8-6-17(2)7-9-18)16-14-5-4-13(19(20)21)10-15(14)24(3,22)23/h4-5,10,12,16H,6-9,11H2,1-3H3. The van der Waals surface area contributed by atoms with E-state index in [-0.39, 0.29) is 16.6 Å². The molecule has 1 aromatic rings. The van der Waals surface area contributed by atoms with Crippen LogP contribution in [-0.4, -0.2) is 75.2 Å². The highest BCUT2D eigenvalue weighted by molar-refractivity contribution is 7.90. The number of non-ortho nitro benzene ring substituents is 1. The predicted molar refractivity (Wildman–Crippen MR) is 93.2 cm³/mol.